The van der Waals surface area contributed by atoms with Crippen molar-refractivity contribution >= 4 is 22.4 Å². The Morgan fingerprint density at radius 2 is 2.14 bits per heavy atom. The smallest absolute Gasteiger partial charge is 0.134 e. The number of hydrogen-bond donors (Lipinski definition) is 0. The molecule has 0 spiro atoms. The summed E-state index contributed by atoms with van der Waals surface area (Å²) in [7, 11) is 0. The molecule has 0 bridgehead atoms. The number of hydrogen-bond acceptors (Lipinski definition) is 3. The van der Waals surface area contributed by atoms with Crippen LogP contribution in [0.5, 0.6) is 0 Å². The van der Waals surface area contributed by atoms with Crippen LogP contribution in [-0.2, 0) is 0 Å². The van der Waals surface area contributed by atoms with Gasteiger partial charge in [-0.15, -0.1) is 0 Å². The van der Waals surface area contributed by atoms with E-state index >= 15 is 0 Å². The van der Waals surface area contributed by atoms with E-state index in [-0.39, 0.29) is 0 Å². The molecule has 0 fully saturated rings. The van der Waals surface area contributed by atoms with Gasteiger partial charge in [0.2, 0.25) is 0 Å². The Bertz CT molecular complexity index is 553. The summed E-state index contributed by atoms with van der Waals surface area (Å²) in [6.07, 6.45) is 1.69. The molecule has 0 aliphatic carbocycles. The van der Waals surface area contributed by atoms with Gasteiger partial charge in [-0.05, 0) is 29.7 Å². The molecule has 0 amide bonds. The summed E-state index contributed by atoms with van der Waals surface area (Å²) >= 11 is 1.47. The molecule has 3 rings (SSSR count). The molecule has 0 radical (unpaired) electrons. The fourth-order valence-corrected chi connectivity index (χ4v) is 2.22. The minimum atomic E-state index is 0.899. The van der Waals surface area contributed by atoms with E-state index in [0.717, 1.165) is 22.2 Å². The van der Waals surface area contributed by atoms with Crippen molar-refractivity contribution in [1.29, 1.82) is 0 Å². The van der Waals surface area contributed by atoms with Crippen LogP contribution in [0.4, 0.5) is 0 Å². The van der Waals surface area contributed by atoms with Crippen molar-refractivity contribution in [3.63, 3.8) is 0 Å². The molecular formula is C11H7NOS. The van der Waals surface area contributed by atoms with Gasteiger partial charge in [0.25, 0.3) is 0 Å². The zero-order chi connectivity index (χ0) is 9.38. The fraction of sp³-hybridized carbons (Fsp3) is 0. The Hall–Kier alpha value is -1.61. The Morgan fingerprint density at radius 3 is 3.00 bits per heavy atom. The third-order valence-electron chi connectivity index (χ3n) is 2.19. The highest BCUT2D eigenvalue weighted by atomic mass is 32.1. The lowest BCUT2D eigenvalue weighted by Crippen LogP contribution is -1.74. The molecule has 0 saturated heterocycles. The first-order valence-electron chi connectivity index (χ1n) is 4.32. The van der Waals surface area contributed by atoms with Crippen LogP contribution >= 0.6 is 11.5 Å². The number of aromatic nitrogens is 1. The van der Waals surface area contributed by atoms with Crippen LogP contribution in [0.1, 0.15) is 0 Å². The first-order chi connectivity index (χ1) is 6.95. The van der Waals surface area contributed by atoms with Crippen molar-refractivity contribution in [3.8, 4) is 11.3 Å². The Morgan fingerprint density at radius 1 is 1.14 bits per heavy atom. The number of nitrogens with zero attached hydrogens (tertiary/aromatic N) is 1. The Labute approximate surface area is 85.0 Å². The van der Waals surface area contributed by atoms with Crippen LogP contribution in [0, 0.1) is 0 Å². The lowest BCUT2D eigenvalue weighted by molar-refractivity contribution is 0.583. The molecule has 0 saturated carbocycles. The summed E-state index contributed by atoms with van der Waals surface area (Å²) in [4.78, 5) is 0. The quantitative estimate of drug-likeness (QED) is 0.601. The molecule has 0 aliphatic rings. The second kappa shape index (κ2) is 2.96. The summed E-state index contributed by atoms with van der Waals surface area (Å²) in [6.45, 7) is 0. The fourth-order valence-electron chi connectivity index (χ4n) is 1.54. The molecule has 1 aromatic carbocycles. The molecule has 0 unspecified atom stereocenters. The third kappa shape index (κ3) is 1.06. The number of furan rings is 1. The first-order valence-corrected chi connectivity index (χ1v) is 5.16. The van der Waals surface area contributed by atoms with Crippen molar-refractivity contribution < 1.29 is 4.42 Å². The zero-order valence-electron chi connectivity index (χ0n) is 7.31. The highest BCUT2D eigenvalue weighted by Gasteiger charge is 2.06. The minimum absolute atomic E-state index is 0.899. The van der Waals surface area contributed by atoms with E-state index in [4.69, 9.17) is 4.42 Å². The summed E-state index contributed by atoms with van der Waals surface area (Å²) in [5.41, 5.74) is 2.14. The summed E-state index contributed by atoms with van der Waals surface area (Å²) in [5.74, 6) is 0.899. The molecule has 0 aliphatic heterocycles. The highest BCUT2D eigenvalue weighted by molar-refractivity contribution is 7.04. The van der Waals surface area contributed by atoms with E-state index < -0.39 is 0 Å². The molecule has 0 atom stereocenters. The van der Waals surface area contributed by atoms with Gasteiger partial charge in [-0.3, -0.25) is 0 Å². The van der Waals surface area contributed by atoms with Crippen LogP contribution in [0.15, 0.2) is 46.4 Å². The van der Waals surface area contributed by atoms with E-state index in [1.165, 1.54) is 11.5 Å². The number of fused-ring (bicyclic) bond motifs is 1. The predicted molar refractivity (Wildman–Crippen MR) is 57.3 cm³/mol. The summed E-state index contributed by atoms with van der Waals surface area (Å²) in [5, 5.41) is 3.21. The lowest BCUT2D eigenvalue weighted by Gasteiger charge is -1.97. The summed E-state index contributed by atoms with van der Waals surface area (Å²) < 4.78 is 9.66. The van der Waals surface area contributed by atoms with Crippen molar-refractivity contribution in [2.45, 2.75) is 0 Å². The Balaban J connectivity index is 2.36. The van der Waals surface area contributed by atoms with Crippen LogP contribution < -0.4 is 0 Å². The van der Waals surface area contributed by atoms with Gasteiger partial charge in [0.05, 0.1) is 11.8 Å². The maximum Gasteiger partial charge on any atom is 0.134 e. The monoisotopic (exact) mass is 201 g/mol. The van der Waals surface area contributed by atoms with E-state index in [9.17, 15) is 0 Å². The first kappa shape index (κ1) is 7.76. The van der Waals surface area contributed by atoms with E-state index in [2.05, 4.69) is 10.4 Å². The zero-order valence-corrected chi connectivity index (χ0v) is 8.12. The van der Waals surface area contributed by atoms with Crippen LogP contribution in [-0.4, -0.2) is 4.37 Å². The molecule has 2 aromatic heterocycles. The van der Waals surface area contributed by atoms with Gasteiger partial charge in [0.1, 0.15) is 5.76 Å². The molecule has 0 N–H and O–H groups in total. The average Bonchev–Trinajstić information content (AvgIpc) is 2.88. The highest BCUT2D eigenvalue weighted by Crippen LogP contribution is 2.29. The van der Waals surface area contributed by atoms with Crippen molar-refractivity contribution in [2.75, 3.05) is 0 Å². The normalized spacial score (nSPS) is 10.9. The lowest BCUT2D eigenvalue weighted by atomic mass is 10.1. The number of rotatable bonds is 1. The second-order valence-electron chi connectivity index (χ2n) is 3.03. The van der Waals surface area contributed by atoms with E-state index in [1.54, 1.807) is 6.26 Å². The van der Waals surface area contributed by atoms with Gasteiger partial charge >= 0.3 is 0 Å². The molecule has 2 heterocycles. The topological polar surface area (TPSA) is 26.0 Å². The molecule has 14 heavy (non-hydrogen) atoms. The van der Waals surface area contributed by atoms with Gasteiger partial charge in [-0.2, -0.15) is 4.37 Å². The molecular weight excluding hydrogens is 194 g/mol. The molecule has 3 aromatic rings. The SMILES string of the molecule is c1coc(-c2cccc3nscc23)c1. The summed E-state index contributed by atoms with van der Waals surface area (Å²) in [6, 6.07) is 9.92. The van der Waals surface area contributed by atoms with Gasteiger partial charge in [-0.25, -0.2) is 0 Å². The largest absolute Gasteiger partial charge is 0.464 e. The van der Waals surface area contributed by atoms with E-state index in [0.29, 0.717) is 0 Å². The maximum absolute atomic E-state index is 5.37. The van der Waals surface area contributed by atoms with Gasteiger partial charge in [0, 0.05) is 16.3 Å². The third-order valence-corrected chi connectivity index (χ3v) is 2.83. The van der Waals surface area contributed by atoms with Crippen LogP contribution in [0.2, 0.25) is 0 Å². The average molecular weight is 201 g/mol. The van der Waals surface area contributed by atoms with Crippen molar-refractivity contribution in [1.82, 2.24) is 4.37 Å². The van der Waals surface area contributed by atoms with Gasteiger partial charge in [0.15, 0.2) is 0 Å². The molecule has 2 nitrogen and oxygen atoms in total. The van der Waals surface area contributed by atoms with Gasteiger partial charge in [-0.1, -0.05) is 12.1 Å². The maximum atomic E-state index is 5.37. The van der Waals surface area contributed by atoms with Crippen molar-refractivity contribution in [3.05, 3.63) is 42.0 Å². The van der Waals surface area contributed by atoms with E-state index in [1.807, 2.05) is 29.6 Å². The molecule has 3 heteroatoms. The molecule has 68 valence electrons. The van der Waals surface area contributed by atoms with Crippen LogP contribution in [0.3, 0.4) is 0 Å². The number of benzene rings is 1. The minimum Gasteiger partial charge on any atom is -0.464 e. The van der Waals surface area contributed by atoms with Crippen LogP contribution in [0.25, 0.3) is 22.2 Å². The standard InChI is InChI=1S/C11H7NOS/c1-3-8(11-5-2-6-13-11)9-7-14-12-10(9)4-1/h1-7H. The Kier molecular flexibility index (Phi) is 1.64. The predicted octanol–water partition coefficient (Wildman–Crippen LogP) is 3.56. The van der Waals surface area contributed by atoms with Crippen molar-refractivity contribution in [2.24, 2.45) is 0 Å². The van der Waals surface area contributed by atoms with Gasteiger partial charge < -0.3 is 4.42 Å². The second-order valence-corrected chi connectivity index (χ2v) is 3.66.